The van der Waals surface area contributed by atoms with E-state index in [9.17, 15) is 0 Å². The normalized spacial score (nSPS) is 10.8. The molecule has 0 saturated heterocycles. The Morgan fingerprint density at radius 1 is 1.12 bits per heavy atom. The van der Waals surface area contributed by atoms with E-state index < -0.39 is 0 Å². The van der Waals surface area contributed by atoms with Gasteiger partial charge < -0.3 is 10.1 Å². The Bertz CT molecular complexity index is 786. The molecule has 24 heavy (non-hydrogen) atoms. The summed E-state index contributed by atoms with van der Waals surface area (Å²) in [6.45, 7) is 1.68. The highest BCUT2D eigenvalue weighted by molar-refractivity contribution is 7.15. The SMILES string of the molecule is COc1ccccc1-c1cnc(CNCCc2ccc(Cl)cc2)s1. The summed E-state index contributed by atoms with van der Waals surface area (Å²) in [5.74, 6) is 0.878. The molecule has 0 spiro atoms. The van der Waals surface area contributed by atoms with Crippen LogP contribution in [0.1, 0.15) is 10.6 Å². The molecule has 0 bridgehead atoms. The third-order valence-corrected chi connectivity index (χ3v) is 4.99. The van der Waals surface area contributed by atoms with E-state index in [0.29, 0.717) is 0 Å². The summed E-state index contributed by atoms with van der Waals surface area (Å²) in [4.78, 5) is 5.63. The van der Waals surface area contributed by atoms with E-state index in [-0.39, 0.29) is 0 Å². The molecule has 0 radical (unpaired) electrons. The van der Waals surface area contributed by atoms with E-state index in [0.717, 1.165) is 45.7 Å². The molecular formula is C19H19ClN2OS. The number of hydrogen-bond donors (Lipinski definition) is 1. The van der Waals surface area contributed by atoms with E-state index in [1.54, 1.807) is 18.4 Å². The summed E-state index contributed by atoms with van der Waals surface area (Å²) in [7, 11) is 1.69. The van der Waals surface area contributed by atoms with Crippen molar-refractivity contribution in [3.63, 3.8) is 0 Å². The summed E-state index contributed by atoms with van der Waals surface area (Å²) in [6.07, 6.45) is 2.89. The maximum absolute atomic E-state index is 5.90. The summed E-state index contributed by atoms with van der Waals surface area (Å²) in [6, 6.07) is 16.0. The fourth-order valence-corrected chi connectivity index (χ4v) is 3.49. The molecule has 1 N–H and O–H groups in total. The van der Waals surface area contributed by atoms with Gasteiger partial charge in [0.2, 0.25) is 0 Å². The van der Waals surface area contributed by atoms with Crippen LogP contribution in [0.2, 0.25) is 5.02 Å². The van der Waals surface area contributed by atoms with Gasteiger partial charge in [-0.15, -0.1) is 11.3 Å². The Morgan fingerprint density at radius 2 is 1.92 bits per heavy atom. The van der Waals surface area contributed by atoms with Crippen LogP contribution in [0, 0.1) is 0 Å². The molecule has 0 aliphatic rings. The van der Waals surface area contributed by atoms with Gasteiger partial charge in [0.15, 0.2) is 0 Å². The minimum atomic E-state index is 0.771. The number of benzene rings is 2. The van der Waals surface area contributed by atoms with E-state index >= 15 is 0 Å². The molecule has 2 aromatic carbocycles. The molecule has 3 aromatic rings. The van der Waals surface area contributed by atoms with Crippen LogP contribution in [0.5, 0.6) is 5.75 Å². The largest absolute Gasteiger partial charge is 0.496 e. The molecule has 0 amide bonds. The van der Waals surface area contributed by atoms with Crippen molar-refractivity contribution in [2.24, 2.45) is 0 Å². The van der Waals surface area contributed by atoms with Crippen molar-refractivity contribution in [1.82, 2.24) is 10.3 Å². The zero-order chi connectivity index (χ0) is 16.8. The summed E-state index contributed by atoms with van der Waals surface area (Å²) >= 11 is 7.59. The van der Waals surface area contributed by atoms with Crippen molar-refractivity contribution < 1.29 is 4.74 Å². The second kappa shape index (κ2) is 8.29. The Kier molecular flexibility index (Phi) is 5.86. The van der Waals surface area contributed by atoms with Gasteiger partial charge in [-0.1, -0.05) is 35.9 Å². The maximum Gasteiger partial charge on any atom is 0.127 e. The van der Waals surface area contributed by atoms with Crippen molar-refractivity contribution in [2.75, 3.05) is 13.7 Å². The van der Waals surface area contributed by atoms with Crippen molar-refractivity contribution in [1.29, 1.82) is 0 Å². The minimum absolute atomic E-state index is 0.771. The van der Waals surface area contributed by atoms with Gasteiger partial charge in [-0.3, -0.25) is 0 Å². The highest BCUT2D eigenvalue weighted by atomic mass is 35.5. The van der Waals surface area contributed by atoms with Gasteiger partial charge in [0.1, 0.15) is 10.8 Å². The lowest BCUT2D eigenvalue weighted by molar-refractivity contribution is 0.416. The number of thiazole rings is 1. The number of hydrogen-bond acceptors (Lipinski definition) is 4. The van der Waals surface area contributed by atoms with Gasteiger partial charge in [0.05, 0.1) is 12.0 Å². The van der Waals surface area contributed by atoms with E-state index in [4.69, 9.17) is 16.3 Å². The van der Waals surface area contributed by atoms with Crippen molar-refractivity contribution in [3.05, 3.63) is 70.3 Å². The monoisotopic (exact) mass is 358 g/mol. The van der Waals surface area contributed by atoms with Gasteiger partial charge in [0.25, 0.3) is 0 Å². The van der Waals surface area contributed by atoms with Crippen LogP contribution >= 0.6 is 22.9 Å². The molecular weight excluding hydrogens is 340 g/mol. The predicted octanol–water partition coefficient (Wildman–Crippen LogP) is 4.80. The molecule has 3 nitrogen and oxygen atoms in total. The topological polar surface area (TPSA) is 34.1 Å². The fourth-order valence-electron chi connectivity index (χ4n) is 2.44. The average Bonchev–Trinajstić information content (AvgIpc) is 3.09. The molecule has 5 heteroatoms. The number of rotatable bonds is 7. The molecule has 124 valence electrons. The smallest absolute Gasteiger partial charge is 0.127 e. The first-order valence-corrected chi connectivity index (χ1v) is 8.99. The molecule has 0 aliphatic heterocycles. The van der Waals surface area contributed by atoms with Crippen molar-refractivity contribution in [2.45, 2.75) is 13.0 Å². The third kappa shape index (κ3) is 4.35. The first kappa shape index (κ1) is 17.0. The van der Waals surface area contributed by atoms with Crippen LogP contribution in [-0.2, 0) is 13.0 Å². The summed E-state index contributed by atoms with van der Waals surface area (Å²) in [5, 5.41) is 5.29. The Hall–Kier alpha value is -1.88. The van der Waals surface area contributed by atoms with E-state index in [2.05, 4.69) is 28.5 Å². The number of ether oxygens (including phenoxy) is 1. The molecule has 0 unspecified atom stereocenters. The van der Waals surface area contributed by atoms with Gasteiger partial charge >= 0.3 is 0 Å². The molecule has 1 aromatic heterocycles. The molecule has 0 atom stereocenters. The Labute approximate surface area is 151 Å². The first-order chi connectivity index (χ1) is 11.8. The average molecular weight is 359 g/mol. The summed E-state index contributed by atoms with van der Waals surface area (Å²) < 4.78 is 5.42. The summed E-state index contributed by atoms with van der Waals surface area (Å²) in [5.41, 5.74) is 2.37. The predicted molar refractivity (Wildman–Crippen MR) is 101 cm³/mol. The third-order valence-electron chi connectivity index (χ3n) is 3.71. The quantitative estimate of drug-likeness (QED) is 0.616. The van der Waals surface area contributed by atoms with E-state index in [1.165, 1.54) is 5.56 Å². The lowest BCUT2D eigenvalue weighted by Gasteiger charge is -2.05. The van der Waals surface area contributed by atoms with Crippen molar-refractivity contribution in [3.8, 4) is 16.2 Å². The van der Waals surface area contributed by atoms with Crippen LogP contribution in [-0.4, -0.2) is 18.6 Å². The van der Waals surface area contributed by atoms with Crippen LogP contribution in [0.3, 0.4) is 0 Å². The van der Waals surface area contributed by atoms with Gasteiger partial charge in [-0.05, 0) is 42.8 Å². The minimum Gasteiger partial charge on any atom is -0.496 e. The molecule has 0 aliphatic carbocycles. The number of nitrogens with one attached hydrogen (secondary N) is 1. The van der Waals surface area contributed by atoms with Gasteiger partial charge in [-0.25, -0.2) is 4.98 Å². The highest BCUT2D eigenvalue weighted by Gasteiger charge is 2.08. The van der Waals surface area contributed by atoms with Crippen LogP contribution < -0.4 is 10.1 Å². The van der Waals surface area contributed by atoms with Gasteiger partial charge in [0, 0.05) is 23.3 Å². The molecule has 1 heterocycles. The van der Waals surface area contributed by atoms with Crippen LogP contribution in [0.4, 0.5) is 0 Å². The standard InChI is InChI=1S/C19H19ClN2OS/c1-23-17-5-3-2-4-16(17)18-12-22-19(24-18)13-21-11-10-14-6-8-15(20)9-7-14/h2-9,12,21H,10-11,13H2,1H3. The number of halogens is 1. The first-order valence-electron chi connectivity index (χ1n) is 7.79. The van der Waals surface area contributed by atoms with Crippen molar-refractivity contribution >= 4 is 22.9 Å². The Morgan fingerprint density at radius 3 is 2.71 bits per heavy atom. The number of methoxy groups -OCH3 is 1. The molecule has 3 rings (SSSR count). The molecule has 0 fully saturated rings. The second-order valence-electron chi connectivity index (χ2n) is 5.37. The maximum atomic E-state index is 5.90. The number of nitrogens with zero attached hydrogens (tertiary/aromatic N) is 1. The lowest BCUT2D eigenvalue weighted by atomic mass is 10.1. The second-order valence-corrected chi connectivity index (χ2v) is 6.92. The number of para-hydroxylation sites is 1. The van der Waals surface area contributed by atoms with Gasteiger partial charge in [-0.2, -0.15) is 0 Å². The highest BCUT2D eigenvalue weighted by Crippen LogP contribution is 2.33. The van der Waals surface area contributed by atoms with Crippen LogP contribution in [0.25, 0.3) is 10.4 Å². The lowest BCUT2D eigenvalue weighted by Crippen LogP contribution is -2.16. The van der Waals surface area contributed by atoms with E-state index in [1.807, 2.05) is 36.5 Å². The Balaban J connectivity index is 1.54. The number of aromatic nitrogens is 1. The van der Waals surface area contributed by atoms with Crippen LogP contribution in [0.15, 0.2) is 54.7 Å². The zero-order valence-electron chi connectivity index (χ0n) is 13.5. The molecule has 0 saturated carbocycles. The fraction of sp³-hybridized carbons (Fsp3) is 0.211. The zero-order valence-corrected chi connectivity index (χ0v) is 15.0.